The van der Waals surface area contributed by atoms with Crippen molar-refractivity contribution >= 4 is 28.7 Å². The van der Waals surface area contributed by atoms with Crippen LogP contribution in [0.1, 0.15) is 28.0 Å². The SMILES string of the molecule is COC(=O)C[C@H]1C(=O)NCCN1C(=O)c1cc2cccc(C)c2nc1C. The number of fused-ring (bicyclic) bond motifs is 1. The third-order valence-electron chi connectivity index (χ3n) is 4.65. The molecule has 0 saturated carbocycles. The molecule has 26 heavy (non-hydrogen) atoms. The minimum absolute atomic E-state index is 0.173. The lowest BCUT2D eigenvalue weighted by Crippen LogP contribution is -2.58. The molecule has 2 aromatic rings. The van der Waals surface area contributed by atoms with Crippen molar-refractivity contribution in [2.24, 2.45) is 0 Å². The van der Waals surface area contributed by atoms with Crippen molar-refractivity contribution in [3.8, 4) is 0 Å². The predicted molar refractivity (Wildman–Crippen MR) is 95.7 cm³/mol. The van der Waals surface area contributed by atoms with Crippen LogP contribution in [0.5, 0.6) is 0 Å². The lowest BCUT2D eigenvalue weighted by molar-refractivity contribution is -0.145. The Morgan fingerprint density at radius 3 is 2.85 bits per heavy atom. The zero-order valence-corrected chi connectivity index (χ0v) is 15.0. The van der Waals surface area contributed by atoms with Crippen LogP contribution in [0.2, 0.25) is 0 Å². The Morgan fingerprint density at radius 2 is 2.12 bits per heavy atom. The maximum atomic E-state index is 13.1. The van der Waals surface area contributed by atoms with Gasteiger partial charge in [0.25, 0.3) is 5.91 Å². The third-order valence-corrected chi connectivity index (χ3v) is 4.65. The molecule has 1 fully saturated rings. The highest BCUT2D eigenvalue weighted by atomic mass is 16.5. The number of hydrogen-bond donors (Lipinski definition) is 1. The summed E-state index contributed by atoms with van der Waals surface area (Å²) in [5, 5.41) is 3.56. The molecule has 2 heterocycles. The maximum Gasteiger partial charge on any atom is 0.308 e. The zero-order chi connectivity index (χ0) is 18.8. The number of aryl methyl sites for hydroxylation is 2. The summed E-state index contributed by atoms with van der Waals surface area (Å²) in [5.41, 5.74) is 2.92. The molecular weight excluding hydrogens is 334 g/mol. The Kier molecular flexibility index (Phi) is 4.88. The average Bonchev–Trinajstić information content (AvgIpc) is 2.63. The Bertz CT molecular complexity index is 894. The number of amides is 2. The van der Waals surface area contributed by atoms with Crippen molar-refractivity contribution in [2.75, 3.05) is 20.2 Å². The van der Waals surface area contributed by atoms with Crippen molar-refractivity contribution in [3.05, 3.63) is 41.1 Å². The van der Waals surface area contributed by atoms with Crippen molar-refractivity contribution < 1.29 is 19.1 Å². The second-order valence-electron chi connectivity index (χ2n) is 6.35. The topological polar surface area (TPSA) is 88.6 Å². The van der Waals surface area contributed by atoms with Gasteiger partial charge in [-0.15, -0.1) is 0 Å². The number of nitrogens with zero attached hydrogens (tertiary/aromatic N) is 2. The highest BCUT2D eigenvalue weighted by Crippen LogP contribution is 2.22. The smallest absolute Gasteiger partial charge is 0.308 e. The number of piperazine rings is 1. The summed E-state index contributed by atoms with van der Waals surface area (Å²) in [6, 6.07) is 6.71. The molecule has 0 unspecified atom stereocenters. The number of rotatable bonds is 3. The van der Waals surface area contributed by atoms with Crippen LogP contribution in [0.3, 0.4) is 0 Å². The second-order valence-corrected chi connectivity index (χ2v) is 6.35. The van der Waals surface area contributed by atoms with E-state index < -0.39 is 12.0 Å². The fourth-order valence-corrected chi connectivity index (χ4v) is 3.21. The summed E-state index contributed by atoms with van der Waals surface area (Å²) in [6.45, 7) is 4.43. The largest absolute Gasteiger partial charge is 0.469 e. The number of carbonyl (C=O) groups is 3. The van der Waals surface area contributed by atoms with Gasteiger partial charge in [0, 0.05) is 18.5 Å². The fourth-order valence-electron chi connectivity index (χ4n) is 3.21. The van der Waals surface area contributed by atoms with Crippen LogP contribution in [-0.2, 0) is 14.3 Å². The minimum Gasteiger partial charge on any atom is -0.469 e. The normalized spacial score (nSPS) is 17.1. The van der Waals surface area contributed by atoms with E-state index in [0.717, 1.165) is 16.5 Å². The van der Waals surface area contributed by atoms with E-state index in [9.17, 15) is 14.4 Å². The molecule has 0 spiro atoms. The van der Waals surface area contributed by atoms with Crippen LogP contribution < -0.4 is 5.32 Å². The molecule has 7 heteroatoms. The Balaban J connectivity index is 1.98. The number of ether oxygens (including phenoxy) is 1. The summed E-state index contributed by atoms with van der Waals surface area (Å²) >= 11 is 0. The van der Waals surface area contributed by atoms with Crippen molar-refractivity contribution in [1.29, 1.82) is 0 Å². The van der Waals surface area contributed by atoms with Gasteiger partial charge in [0.05, 0.1) is 30.3 Å². The Labute approximate surface area is 151 Å². The van der Waals surface area contributed by atoms with Gasteiger partial charge >= 0.3 is 5.97 Å². The molecule has 1 aromatic heterocycles. The van der Waals surface area contributed by atoms with Gasteiger partial charge in [0.1, 0.15) is 6.04 Å². The van der Waals surface area contributed by atoms with E-state index in [2.05, 4.69) is 15.0 Å². The van der Waals surface area contributed by atoms with Gasteiger partial charge in [-0.3, -0.25) is 19.4 Å². The van der Waals surface area contributed by atoms with Crippen LogP contribution in [0.4, 0.5) is 0 Å². The third kappa shape index (κ3) is 3.24. The quantitative estimate of drug-likeness (QED) is 0.840. The lowest BCUT2D eigenvalue weighted by Gasteiger charge is -2.34. The van der Waals surface area contributed by atoms with E-state index in [0.29, 0.717) is 24.3 Å². The van der Waals surface area contributed by atoms with E-state index in [4.69, 9.17) is 0 Å². The summed E-state index contributed by atoms with van der Waals surface area (Å²) < 4.78 is 4.66. The van der Waals surface area contributed by atoms with Crippen LogP contribution >= 0.6 is 0 Å². The Hall–Kier alpha value is -2.96. The number of para-hydroxylation sites is 1. The van der Waals surface area contributed by atoms with Crippen LogP contribution in [0.15, 0.2) is 24.3 Å². The first kappa shape index (κ1) is 17.8. The van der Waals surface area contributed by atoms with Crippen molar-refractivity contribution in [1.82, 2.24) is 15.2 Å². The summed E-state index contributed by atoms with van der Waals surface area (Å²) in [4.78, 5) is 43.0. The van der Waals surface area contributed by atoms with Gasteiger partial charge < -0.3 is 15.0 Å². The van der Waals surface area contributed by atoms with Gasteiger partial charge in [-0.1, -0.05) is 18.2 Å². The fraction of sp³-hybridized carbons (Fsp3) is 0.368. The first-order valence-corrected chi connectivity index (χ1v) is 8.45. The minimum atomic E-state index is -0.878. The lowest BCUT2D eigenvalue weighted by atomic mass is 10.0. The molecule has 0 aliphatic carbocycles. The van der Waals surface area contributed by atoms with Gasteiger partial charge in [-0.2, -0.15) is 0 Å². The molecule has 136 valence electrons. The zero-order valence-electron chi connectivity index (χ0n) is 15.0. The molecule has 1 aliphatic rings. The number of carbonyl (C=O) groups excluding carboxylic acids is 3. The summed E-state index contributed by atoms with van der Waals surface area (Å²) in [5.74, 6) is -1.19. The van der Waals surface area contributed by atoms with Gasteiger partial charge in [-0.25, -0.2) is 0 Å². The molecule has 2 amide bonds. The molecule has 0 bridgehead atoms. The highest BCUT2D eigenvalue weighted by molar-refractivity contribution is 6.02. The number of hydrogen-bond acceptors (Lipinski definition) is 5. The predicted octanol–water partition coefficient (Wildman–Crippen LogP) is 1.36. The molecule has 7 nitrogen and oxygen atoms in total. The number of esters is 1. The molecular formula is C19H21N3O4. The number of pyridine rings is 1. The van der Waals surface area contributed by atoms with Crippen LogP contribution in [0, 0.1) is 13.8 Å². The summed E-state index contributed by atoms with van der Waals surface area (Å²) in [6.07, 6.45) is -0.173. The van der Waals surface area contributed by atoms with E-state index in [1.807, 2.05) is 25.1 Å². The molecule has 1 N–H and O–H groups in total. The molecule has 3 rings (SSSR count). The number of nitrogens with one attached hydrogen (secondary N) is 1. The van der Waals surface area contributed by atoms with Crippen LogP contribution in [0.25, 0.3) is 10.9 Å². The Morgan fingerprint density at radius 1 is 1.35 bits per heavy atom. The number of methoxy groups -OCH3 is 1. The summed E-state index contributed by atoms with van der Waals surface area (Å²) in [7, 11) is 1.26. The van der Waals surface area contributed by atoms with Crippen LogP contribution in [-0.4, -0.2) is 53.9 Å². The highest BCUT2D eigenvalue weighted by Gasteiger charge is 2.36. The average molecular weight is 355 g/mol. The van der Waals surface area contributed by atoms with Gasteiger partial charge in [-0.05, 0) is 25.5 Å². The van der Waals surface area contributed by atoms with E-state index in [1.165, 1.54) is 12.0 Å². The number of benzene rings is 1. The molecule has 1 saturated heterocycles. The second kappa shape index (κ2) is 7.11. The standard InChI is InChI=1S/C19H21N3O4/c1-11-5-4-6-13-9-14(12(2)21-17(11)13)19(25)22-8-7-20-18(24)15(22)10-16(23)26-3/h4-6,9,15H,7-8,10H2,1-3H3,(H,20,24)/t15-/m0/s1. The first-order chi connectivity index (χ1) is 12.4. The molecule has 0 radical (unpaired) electrons. The van der Waals surface area contributed by atoms with Crippen molar-refractivity contribution in [3.63, 3.8) is 0 Å². The van der Waals surface area contributed by atoms with E-state index in [1.54, 1.807) is 13.0 Å². The maximum absolute atomic E-state index is 13.1. The molecule has 1 aliphatic heterocycles. The monoisotopic (exact) mass is 355 g/mol. The first-order valence-electron chi connectivity index (χ1n) is 8.45. The van der Waals surface area contributed by atoms with E-state index in [-0.39, 0.29) is 18.2 Å². The molecule has 1 aromatic carbocycles. The van der Waals surface area contributed by atoms with Gasteiger partial charge in [0.15, 0.2) is 0 Å². The molecule has 1 atom stereocenters. The van der Waals surface area contributed by atoms with E-state index >= 15 is 0 Å². The van der Waals surface area contributed by atoms with Gasteiger partial charge in [0.2, 0.25) is 5.91 Å². The number of aromatic nitrogens is 1. The van der Waals surface area contributed by atoms with Crippen molar-refractivity contribution in [2.45, 2.75) is 26.3 Å².